The fourth-order valence-corrected chi connectivity index (χ4v) is 4.34. The first kappa shape index (κ1) is 18.6. The van der Waals surface area contributed by atoms with Crippen molar-refractivity contribution >= 4 is 43.2 Å². The van der Waals surface area contributed by atoms with Crippen LogP contribution >= 0.6 is 27.5 Å². The molecule has 3 aromatic rings. The lowest BCUT2D eigenvalue weighted by Gasteiger charge is -2.14. The molecule has 0 saturated heterocycles. The first-order valence-electron chi connectivity index (χ1n) is 7.39. The van der Waals surface area contributed by atoms with E-state index >= 15 is 0 Å². The fourth-order valence-electron chi connectivity index (χ4n) is 2.13. The highest BCUT2D eigenvalue weighted by molar-refractivity contribution is 9.10. The van der Waals surface area contributed by atoms with Gasteiger partial charge in [0.2, 0.25) is 5.88 Å². The molecule has 0 amide bonds. The second-order valence-corrected chi connectivity index (χ2v) is 8.17. The molecule has 2 heterocycles. The van der Waals surface area contributed by atoms with E-state index < -0.39 is 10.0 Å². The third kappa shape index (κ3) is 4.14. The van der Waals surface area contributed by atoms with Crippen LogP contribution in [0.5, 0.6) is 11.6 Å². The lowest BCUT2D eigenvalue weighted by atomic mass is 10.3. The van der Waals surface area contributed by atoms with E-state index in [0.29, 0.717) is 15.9 Å². The zero-order valence-electron chi connectivity index (χ0n) is 13.5. The number of pyridine rings is 2. The van der Waals surface area contributed by atoms with Crippen molar-refractivity contribution in [2.24, 2.45) is 0 Å². The zero-order valence-corrected chi connectivity index (χ0v) is 16.6. The number of hydrogen-bond donors (Lipinski definition) is 1. The number of nitrogens with zero attached hydrogens (tertiary/aromatic N) is 2. The van der Waals surface area contributed by atoms with Gasteiger partial charge in [-0.3, -0.25) is 9.71 Å². The van der Waals surface area contributed by atoms with E-state index in [1.165, 1.54) is 18.3 Å². The summed E-state index contributed by atoms with van der Waals surface area (Å²) in [6, 6.07) is 11.3. The number of benzene rings is 1. The van der Waals surface area contributed by atoms with Gasteiger partial charge in [-0.15, -0.1) is 0 Å². The van der Waals surface area contributed by atoms with E-state index in [1.807, 2.05) is 0 Å². The summed E-state index contributed by atoms with van der Waals surface area (Å²) in [5.74, 6) is 0.532. The van der Waals surface area contributed by atoms with Crippen molar-refractivity contribution in [2.45, 2.75) is 11.8 Å². The van der Waals surface area contributed by atoms with Crippen molar-refractivity contribution in [1.82, 2.24) is 9.97 Å². The molecule has 0 fully saturated rings. The van der Waals surface area contributed by atoms with Gasteiger partial charge < -0.3 is 4.74 Å². The van der Waals surface area contributed by atoms with E-state index in [9.17, 15) is 8.42 Å². The summed E-state index contributed by atoms with van der Waals surface area (Å²) in [6.45, 7) is 1.77. The Kier molecular flexibility index (Phi) is 5.45. The molecule has 0 saturated carbocycles. The highest BCUT2D eigenvalue weighted by atomic mass is 79.9. The molecule has 0 spiro atoms. The zero-order chi connectivity index (χ0) is 18.7. The van der Waals surface area contributed by atoms with Crippen LogP contribution in [-0.4, -0.2) is 18.4 Å². The fraction of sp³-hybridized carbons (Fsp3) is 0.0588. The third-order valence-corrected chi connectivity index (χ3v) is 5.94. The van der Waals surface area contributed by atoms with Gasteiger partial charge in [0, 0.05) is 16.9 Å². The quantitative estimate of drug-likeness (QED) is 0.599. The minimum atomic E-state index is -3.88. The molecular weight excluding hydrogens is 442 g/mol. The molecule has 6 nitrogen and oxygen atoms in total. The standard InChI is InChI=1S/C17H13BrClN3O3S/c1-11-15(6-4-8-20-11)25-17-14(9-12(19)10-21-17)22-26(23,24)16-7-3-2-5-13(16)18/h2-10,22H,1H3. The molecule has 0 aliphatic heterocycles. The van der Waals surface area contributed by atoms with Crippen molar-refractivity contribution in [2.75, 3.05) is 4.72 Å². The average Bonchev–Trinajstić information content (AvgIpc) is 2.59. The van der Waals surface area contributed by atoms with Gasteiger partial charge in [-0.2, -0.15) is 0 Å². The topological polar surface area (TPSA) is 81.2 Å². The summed E-state index contributed by atoms with van der Waals surface area (Å²) in [4.78, 5) is 8.31. The van der Waals surface area contributed by atoms with Crippen LogP contribution in [0.3, 0.4) is 0 Å². The lowest BCUT2D eigenvalue weighted by Crippen LogP contribution is -2.14. The molecule has 0 bridgehead atoms. The van der Waals surface area contributed by atoms with Crippen molar-refractivity contribution < 1.29 is 13.2 Å². The Labute approximate surface area is 164 Å². The lowest BCUT2D eigenvalue weighted by molar-refractivity contribution is 0.459. The first-order valence-corrected chi connectivity index (χ1v) is 10.0. The highest BCUT2D eigenvalue weighted by Gasteiger charge is 2.20. The molecule has 0 aliphatic rings. The van der Waals surface area contributed by atoms with Gasteiger partial charge in [-0.1, -0.05) is 23.7 Å². The van der Waals surface area contributed by atoms with Crippen LogP contribution in [0.2, 0.25) is 5.02 Å². The van der Waals surface area contributed by atoms with E-state index in [4.69, 9.17) is 16.3 Å². The molecule has 3 rings (SSSR count). The molecule has 2 aromatic heterocycles. The number of hydrogen-bond acceptors (Lipinski definition) is 5. The van der Waals surface area contributed by atoms with Crippen LogP contribution in [0.25, 0.3) is 0 Å². The summed E-state index contributed by atoms with van der Waals surface area (Å²) in [6.07, 6.45) is 3.01. The second kappa shape index (κ2) is 7.61. The van der Waals surface area contributed by atoms with E-state index in [1.54, 1.807) is 43.5 Å². The van der Waals surface area contributed by atoms with E-state index in [2.05, 4.69) is 30.6 Å². The summed E-state index contributed by atoms with van der Waals surface area (Å²) in [5.41, 5.74) is 0.764. The minimum absolute atomic E-state index is 0.0705. The maximum Gasteiger partial charge on any atom is 0.263 e. The van der Waals surface area contributed by atoms with Crippen molar-refractivity contribution in [3.05, 3.63) is 70.0 Å². The van der Waals surface area contributed by atoms with Gasteiger partial charge in [-0.05, 0) is 53.2 Å². The van der Waals surface area contributed by atoms with Crippen LogP contribution < -0.4 is 9.46 Å². The number of ether oxygens (including phenoxy) is 1. The van der Waals surface area contributed by atoms with Gasteiger partial charge in [0.1, 0.15) is 10.6 Å². The Morgan fingerprint density at radius 1 is 1.15 bits per heavy atom. The maximum atomic E-state index is 12.7. The molecule has 0 aliphatic carbocycles. The highest BCUT2D eigenvalue weighted by Crippen LogP contribution is 2.33. The number of nitrogens with one attached hydrogen (secondary N) is 1. The van der Waals surface area contributed by atoms with Gasteiger partial charge in [0.15, 0.2) is 5.75 Å². The van der Waals surface area contributed by atoms with Crippen LogP contribution in [0.4, 0.5) is 5.69 Å². The largest absolute Gasteiger partial charge is 0.435 e. The van der Waals surface area contributed by atoms with Gasteiger partial charge >= 0.3 is 0 Å². The minimum Gasteiger partial charge on any atom is -0.435 e. The number of aromatic nitrogens is 2. The first-order chi connectivity index (χ1) is 12.4. The summed E-state index contributed by atoms with van der Waals surface area (Å²) in [5, 5.41) is 0.269. The Balaban J connectivity index is 1.99. The number of halogens is 2. The molecule has 0 atom stereocenters. The predicted molar refractivity (Wildman–Crippen MR) is 103 cm³/mol. The van der Waals surface area contributed by atoms with Crippen molar-refractivity contribution in [3.63, 3.8) is 0 Å². The molecule has 1 aromatic carbocycles. The Morgan fingerprint density at radius 2 is 1.92 bits per heavy atom. The number of rotatable bonds is 5. The third-order valence-electron chi connectivity index (χ3n) is 3.35. The Hall–Kier alpha value is -2.16. The molecular formula is C17H13BrClN3O3S. The van der Waals surface area contributed by atoms with Crippen LogP contribution in [0.1, 0.15) is 5.69 Å². The number of anilines is 1. The van der Waals surface area contributed by atoms with Gasteiger partial charge in [0.25, 0.3) is 10.0 Å². The molecule has 26 heavy (non-hydrogen) atoms. The summed E-state index contributed by atoms with van der Waals surface area (Å²) < 4.78 is 34.1. The van der Waals surface area contributed by atoms with E-state index in [-0.39, 0.29) is 21.5 Å². The van der Waals surface area contributed by atoms with Gasteiger partial charge in [-0.25, -0.2) is 13.4 Å². The second-order valence-electron chi connectivity index (χ2n) is 5.23. The Morgan fingerprint density at radius 3 is 2.65 bits per heavy atom. The molecule has 134 valence electrons. The summed E-state index contributed by atoms with van der Waals surface area (Å²) >= 11 is 9.22. The number of sulfonamides is 1. The Bertz CT molecular complexity index is 1060. The van der Waals surface area contributed by atoms with Crippen molar-refractivity contribution in [3.8, 4) is 11.6 Å². The molecule has 0 radical (unpaired) electrons. The maximum absolute atomic E-state index is 12.7. The predicted octanol–water partition coefficient (Wildman–Crippen LogP) is 4.79. The smallest absolute Gasteiger partial charge is 0.263 e. The van der Waals surface area contributed by atoms with Gasteiger partial charge in [0.05, 0.1) is 10.7 Å². The monoisotopic (exact) mass is 453 g/mol. The SMILES string of the molecule is Cc1ncccc1Oc1ncc(Cl)cc1NS(=O)(=O)c1ccccc1Br. The molecule has 0 unspecified atom stereocenters. The van der Waals surface area contributed by atoms with Crippen molar-refractivity contribution in [1.29, 1.82) is 0 Å². The van der Waals surface area contributed by atoms with Crippen LogP contribution in [0.15, 0.2) is 64.2 Å². The van der Waals surface area contributed by atoms with Crippen LogP contribution in [0, 0.1) is 6.92 Å². The average molecular weight is 455 g/mol. The van der Waals surface area contributed by atoms with E-state index in [0.717, 1.165) is 0 Å². The normalized spacial score (nSPS) is 11.2. The summed E-state index contributed by atoms with van der Waals surface area (Å²) in [7, 11) is -3.88. The molecule has 9 heteroatoms. The van der Waals surface area contributed by atoms with Crippen LogP contribution in [-0.2, 0) is 10.0 Å². The number of aryl methyl sites for hydroxylation is 1. The molecule has 1 N–H and O–H groups in total.